The Morgan fingerprint density at radius 1 is 0.909 bits per heavy atom. The van der Waals surface area contributed by atoms with Crippen LogP contribution in [-0.2, 0) is 9.59 Å². The van der Waals surface area contributed by atoms with Crippen LogP contribution in [-0.4, -0.2) is 11.6 Å². The highest BCUT2D eigenvalue weighted by Crippen LogP contribution is 2.37. The molecule has 0 N–H and O–H groups in total. The molecule has 2 nitrogen and oxygen atoms in total. The molecule has 0 aromatic carbocycles. The molecule has 0 aromatic heterocycles. The Morgan fingerprint density at radius 2 is 1.36 bits per heavy atom. The first kappa shape index (κ1) is 7.01. The van der Waals surface area contributed by atoms with Crippen LogP contribution in [0.3, 0.4) is 0 Å². The third-order valence-electron chi connectivity index (χ3n) is 2.94. The summed E-state index contributed by atoms with van der Waals surface area (Å²) in [5.41, 5.74) is 0. The number of carbonyl (C=O) groups excluding carboxylic acids is 2. The number of rotatable bonds is 0. The van der Waals surface area contributed by atoms with Gasteiger partial charge < -0.3 is 0 Å². The van der Waals surface area contributed by atoms with Crippen LogP contribution in [0.4, 0.5) is 0 Å². The van der Waals surface area contributed by atoms with E-state index >= 15 is 0 Å². The van der Waals surface area contributed by atoms with E-state index in [1.54, 1.807) is 0 Å². The average Bonchev–Trinajstić information content (AvgIpc) is 2.30. The summed E-state index contributed by atoms with van der Waals surface area (Å²) in [5.74, 6) is 0.659. The van der Waals surface area contributed by atoms with Gasteiger partial charge in [0.05, 0.1) is 6.42 Å². The molecule has 0 heterocycles. The van der Waals surface area contributed by atoms with Gasteiger partial charge in [-0.2, -0.15) is 0 Å². The highest BCUT2D eigenvalue weighted by Gasteiger charge is 2.41. The molecule has 2 aliphatic rings. The Hall–Kier alpha value is -0.660. The third kappa shape index (κ3) is 1.01. The summed E-state index contributed by atoms with van der Waals surface area (Å²) < 4.78 is 0. The first-order valence-electron chi connectivity index (χ1n) is 4.34. The summed E-state index contributed by atoms with van der Waals surface area (Å²) in [4.78, 5) is 22.4. The van der Waals surface area contributed by atoms with Crippen molar-refractivity contribution in [1.82, 2.24) is 0 Å². The second-order valence-corrected chi connectivity index (χ2v) is 3.61. The van der Waals surface area contributed by atoms with Gasteiger partial charge >= 0.3 is 0 Å². The number of hydrogen-bond acceptors (Lipinski definition) is 2. The summed E-state index contributed by atoms with van der Waals surface area (Å²) >= 11 is 0. The molecule has 0 radical (unpaired) electrons. The van der Waals surface area contributed by atoms with Crippen molar-refractivity contribution in [2.45, 2.75) is 32.1 Å². The fourth-order valence-corrected chi connectivity index (χ4v) is 2.34. The number of fused-ring (bicyclic) bond motifs is 1. The van der Waals surface area contributed by atoms with Crippen molar-refractivity contribution in [3.8, 4) is 0 Å². The van der Waals surface area contributed by atoms with Gasteiger partial charge in [-0.05, 0) is 12.8 Å². The lowest BCUT2D eigenvalue weighted by atomic mass is 9.81. The van der Waals surface area contributed by atoms with Crippen molar-refractivity contribution in [2.75, 3.05) is 0 Å². The number of Topliss-reactive ketones (excluding diaryl/α,β-unsaturated/α-hetero) is 2. The van der Waals surface area contributed by atoms with Crippen molar-refractivity contribution in [3.63, 3.8) is 0 Å². The molecule has 2 unspecified atom stereocenters. The highest BCUT2D eigenvalue weighted by molar-refractivity contribution is 6.08. The van der Waals surface area contributed by atoms with Gasteiger partial charge in [0.2, 0.25) is 0 Å². The van der Waals surface area contributed by atoms with Crippen LogP contribution in [0.5, 0.6) is 0 Å². The predicted octanol–water partition coefficient (Wildman–Crippen LogP) is 1.33. The highest BCUT2D eigenvalue weighted by atomic mass is 16.2. The summed E-state index contributed by atoms with van der Waals surface area (Å²) in [6, 6.07) is 0. The van der Waals surface area contributed by atoms with Gasteiger partial charge in [0.15, 0.2) is 0 Å². The molecule has 0 spiro atoms. The van der Waals surface area contributed by atoms with Gasteiger partial charge in [-0.25, -0.2) is 0 Å². The van der Waals surface area contributed by atoms with Crippen LogP contribution in [0.2, 0.25) is 0 Å². The van der Waals surface area contributed by atoms with Crippen LogP contribution in [0, 0.1) is 11.8 Å². The van der Waals surface area contributed by atoms with Gasteiger partial charge in [0.1, 0.15) is 11.6 Å². The predicted molar refractivity (Wildman–Crippen MR) is 40.1 cm³/mol. The molecule has 11 heavy (non-hydrogen) atoms. The first-order chi connectivity index (χ1) is 5.29. The Kier molecular flexibility index (Phi) is 1.55. The molecule has 2 saturated carbocycles. The average molecular weight is 152 g/mol. The Balaban J connectivity index is 2.19. The zero-order chi connectivity index (χ0) is 7.84. The maximum atomic E-state index is 11.2. The minimum atomic E-state index is 0.122. The summed E-state index contributed by atoms with van der Waals surface area (Å²) in [6.45, 7) is 0. The molecule has 0 aromatic rings. The first-order valence-corrected chi connectivity index (χ1v) is 4.34. The number of ketones is 2. The lowest BCUT2D eigenvalue weighted by Gasteiger charge is -2.21. The van der Waals surface area contributed by atoms with E-state index in [0.29, 0.717) is 0 Å². The van der Waals surface area contributed by atoms with E-state index < -0.39 is 0 Å². The molecule has 0 aliphatic heterocycles. The molecular formula is C9H12O2. The molecular weight excluding hydrogens is 140 g/mol. The van der Waals surface area contributed by atoms with Crippen molar-refractivity contribution >= 4 is 11.6 Å². The molecule has 2 heteroatoms. The molecule has 60 valence electrons. The molecule has 2 aliphatic carbocycles. The monoisotopic (exact) mass is 152 g/mol. The van der Waals surface area contributed by atoms with Gasteiger partial charge in [-0.15, -0.1) is 0 Å². The molecule has 0 amide bonds. The zero-order valence-corrected chi connectivity index (χ0v) is 6.51. The Morgan fingerprint density at radius 3 is 1.82 bits per heavy atom. The van der Waals surface area contributed by atoms with Crippen LogP contribution in [0.1, 0.15) is 32.1 Å². The second kappa shape index (κ2) is 2.43. The summed E-state index contributed by atoms with van der Waals surface area (Å²) in [5, 5.41) is 0. The number of carbonyl (C=O) groups is 2. The minimum absolute atomic E-state index is 0.122. The van der Waals surface area contributed by atoms with Crippen LogP contribution in [0.15, 0.2) is 0 Å². The molecule has 2 atom stereocenters. The van der Waals surface area contributed by atoms with E-state index in [0.717, 1.165) is 25.7 Å². The summed E-state index contributed by atoms with van der Waals surface area (Å²) in [6.07, 6.45) is 4.44. The van der Waals surface area contributed by atoms with Gasteiger partial charge in [0, 0.05) is 11.8 Å². The fourth-order valence-electron chi connectivity index (χ4n) is 2.34. The van der Waals surface area contributed by atoms with Crippen LogP contribution in [0.25, 0.3) is 0 Å². The van der Waals surface area contributed by atoms with Crippen LogP contribution >= 0.6 is 0 Å². The Bertz CT molecular complexity index is 186. The summed E-state index contributed by atoms with van der Waals surface area (Å²) in [7, 11) is 0. The molecule has 0 saturated heterocycles. The number of hydrogen-bond donors (Lipinski definition) is 0. The van der Waals surface area contributed by atoms with Gasteiger partial charge in [-0.3, -0.25) is 9.59 Å². The van der Waals surface area contributed by atoms with Crippen LogP contribution < -0.4 is 0 Å². The smallest absolute Gasteiger partial charge is 0.144 e. The SMILES string of the molecule is O=C1CC(=O)C2CCCCC12. The van der Waals surface area contributed by atoms with E-state index in [9.17, 15) is 9.59 Å². The van der Waals surface area contributed by atoms with E-state index in [2.05, 4.69) is 0 Å². The maximum Gasteiger partial charge on any atom is 0.144 e. The third-order valence-corrected chi connectivity index (χ3v) is 2.94. The van der Waals surface area contributed by atoms with E-state index in [-0.39, 0.29) is 29.8 Å². The molecule has 2 rings (SSSR count). The van der Waals surface area contributed by atoms with E-state index in [1.807, 2.05) is 0 Å². The molecule has 2 fully saturated rings. The zero-order valence-electron chi connectivity index (χ0n) is 6.51. The Labute approximate surface area is 66.0 Å². The maximum absolute atomic E-state index is 11.2. The minimum Gasteiger partial charge on any atom is -0.299 e. The van der Waals surface area contributed by atoms with E-state index in [4.69, 9.17) is 0 Å². The van der Waals surface area contributed by atoms with Crippen molar-refractivity contribution in [2.24, 2.45) is 11.8 Å². The second-order valence-electron chi connectivity index (χ2n) is 3.61. The molecule has 0 bridgehead atoms. The largest absolute Gasteiger partial charge is 0.299 e. The van der Waals surface area contributed by atoms with Crippen molar-refractivity contribution in [1.29, 1.82) is 0 Å². The van der Waals surface area contributed by atoms with Crippen molar-refractivity contribution < 1.29 is 9.59 Å². The van der Waals surface area contributed by atoms with E-state index in [1.165, 1.54) is 0 Å². The van der Waals surface area contributed by atoms with Gasteiger partial charge in [-0.1, -0.05) is 12.8 Å². The quantitative estimate of drug-likeness (QED) is 0.491. The van der Waals surface area contributed by atoms with Crippen molar-refractivity contribution in [3.05, 3.63) is 0 Å². The fraction of sp³-hybridized carbons (Fsp3) is 0.778. The normalized spacial score (nSPS) is 37.5. The lowest BCUT2D eigenvalue weighted by molar-refractivity contribution is -0.122. The topological polar surface area (TPSA) is 34.1 Å². The lowest BCUT2D eigenvalue weighted by Crippen LogP contribution is -2.21. The van der Waals surface area contributed by atoms with Gasteiger partial charge in [0.25, 0.3) is 0 Å². The standard InChI is InChI=1S/C9H12O2/c10-8-5-9(11)7-4-2-1-3-6(7)8/h6-7H,1-5H2.